The normalized spacial score (nSPS) is 13.3. The molecule has 0 atom stereocenters. The predicted molar refractivity (Wildman–Crippen MR) is 101 cm³/mol. The SMILES string of the molecule is O=S(=O)(Nc1nc[n+]([O-])s1)c1ccc2c(c1)OCN2Cc1cccc(Cl)c1. The van der Waals surface area contributed by atoms with Gasteiger partial charge in [-0.2, -0.15) is 4.12 Å². The summed E-state index contributed by atoms with van der Waals surface area (Å²) in [7, 11) is -3.87. The maximum atomic E-state index is 12.5. The molecule has 0 amide bonds. The number of fused-ring (bicyclic) bond motifs is 1. The molecule has 140 valence electrons. The van der Waals surface area contributed by atoms with E-state index in [0.717, 1.165) is 17.6 Å². The van der Waals surface area contributed by atoms with Gasteiger partial charge in [0.15, 0.2) is 6.73 Å². The average molecular weight is 425 g/mol. The molecule has 2 heterocycles. The summed E-state index contributed by atoms with van der Waals surface area (Å²) in [5, 5.41) is 11.7. The third-order valence-electron chi connectivity index (χ3n) is 3.89. The largest absolute Gasteiger partial charge is 0.700 e. The van der Waals surface area contributed by atoms with Crippen molar-refractivity contribution in [2.75, 3.05) is 16.4 Å². The number of hydrogen-bond donors (Lipinski definition) is 1. The van der Waals surface area contributed by atoms with E-state index in [-0.39, 0.29) is 10.0 Å². The van der Waals surface area contributed by atoms with Gasteiger partial charge in [-0.1, -0.05) is 23.7 Å². The van der Waals surface area contributed by atoms with Crippen molar-refractivity contribution in [1.29, 1.82) is 0 Å². The molecule has 3 aromatic rings. The zero-order valence-corrected chi connectivity index (χ0v) is 16.1. The van der Waals surface area contributed by atoms with E-state index < -0.39 is 10.0 Å². The number of aromatic nitrogens is 2. The number of hydrogen-bond acceptors (Lipinski definition) is 7. The van der Waals surface area contributed by atoms with Crippen LogP contribution < -0.4 is 18.5 Å². The van der Waals surface area contributed by atoms with Crippen molar-refractivity contribution in [2.24, 2.45) is 0 Å². The molecule has 0 unspecified atom stereocenters. The molecule has 0 fully saturated rings. The maximum Gasteiger partial charge on any atom is 0.348 e. The van der Waals surface area contributed by atoms with Crippen LogP contribution in [0.15, 0.2) is 53.7 Å². The van der Waals surface area contributed by atoms with Gasteiger partial charge in [0, 0.05) is 17.6 Å². The molecule has 0 saturated carbocycles. The van der Waals surface area contributed by atoms with E-state index in [9.17, 15) is 13.6 Å². The zero-order valence-electron chi connectivity index (χ0n) is 13.7. The van der Waals surface area contributed by atoms with Crippen LogP contribution in [-0.4, -0.2) is 20.1 Å². The van der Waals surface area contributed by atoms with Gasteiger partial charge < -0.3 is 14.8 Å². The molecule has 4 rings (SSSR count). The summed E-state index contributed by atoms with van der Waals surface area (Å²) in [6.45, 7) is 0.891. The van der Waals surface area contributed by atoms with Gasteiger partial charge in [-0.15, -0.1) is 0 Å². The molecular weight excluding hydrogens is 412 g/mol. The van der Waals surface area contributed by atoms with E-state index >= 15 is 0 Å². The lowest BCUT2D eigenvalue weighted by Gasteiger charge is -2.16. The summed E-state index contributed by atoms with van der Waals surface area (Å²) in [6, 6.07) is 12.1. The lowest BCUT2D eigenvalue weighted by Crippen LogP contribution is -2.21. The molecule has 0 saturated heterocycles. The minimum absolute atomic E-state index is 0.00556. The van der Waals surface area contributed by atoms with Gasteiger partial charge in [0.2, 0.25) is 0 Å². The first-order valence-electron chi connectivity index (χ1n) is 7.75. The summed E-state index contributed by atoms with van der Waals surface area (Å²) in [4.78, 5) is 5.70. The van der Waals surface area contributed by atoms with Gasteiger partial charge in [0.25, 0.3) is 10.0 Å². The number of halogens is 1. The van der Waals surface area contributed by atoms with Crippen LogP contribution in [0.2, 0.25) is 5.02 Å². The number of benzene rings is 2. The fourth-order valence-corrected chi connectivity index (χ4v) is 4.65. The van der Waals surface area contributed by atoms with E-state index in [1.54, 1.807) is 12.1 Å². The molecule has 11 heteroatoms. The van der Waals surface area contributed by atoms with E-state index in [0.29, 0.717) is 39.7 Å². The van der Waals surface area contributed by atoms with Crippen molar-refractivity contribution < 1.29 is 17.3 Å². The fourth-order valence-electron chi connectivity index (χ4n) is 2.69. The lowest BCUT2D eigenvalue weighted by molar-refractivity contribution is -0.532. The number of ether oxygens (including phenoxy) is 1. The Hall–Kier alpha value is -2.56. The Morgan fingerprint density at radius 2 is 2.19 bits per heavy atom. The van der Waals surface area contributed by atoms with Gasteiger partial charge in [0.1, 0.15) is 17.3 Å². The average Bonchev–Trinajstić information content (AvgIpc) is 3.20. The molecule has 1 aliphatic rings. The third-order valence-corrected chi connectivity index (χ3v) is 6.24. The van der Waals surface area contributed by atoms with Crippen molar-refractivity contribution >= 4 is 44.0 Å². The third kappa shape index (κ3) is 3.77. The summed E-state index contributed by atoms with van der Waals surface area (Å²) in [5.41, 5.74) is 1.81. The predicted octanol–water partition coefficient (Wildman–Crippen LogP) is 2.59. The second-order valence-electron chi connectivity index (χ2n) is 5.76. The highest BCUT2D eigenvalue weighted by Crippen LogP contribution is 2.37. The maximum absolute atomic E-state index is 12.5. The Kier molecular flexibility index (Phi) is 4.54. The zero-order chi connectivity index (χ0) is 19.0. The number of anilines is 2. The number of sulfonamides is 1. The molecule has 8 nitrogen and oxygen atoms in total. The fraction of sp³-hybridized carbons (Fsp3) is 0.125. The van der Waals surface area contributed by atoms with Gasteiger partial charge >= 0.3 is 11.5 Å². The molecule has 1 aliphatic heterocycles. The first-order valence-corrected chi connectivity index (χ1v) is 10.4. The number of nitrogens with one attached hydrogen (secondary N) is 1. The summed E-state index contributed by atoms with van der Waals surface area (Å²) in [6.07, 6.45) is 0.988. The van der Waals surface area contributed by atoms with Gasteiger partial charge in [-0.25, -0.2) is 13.1 Å². The number of nitrogens with zero attached hydrogens (tertiary/aromatic N) is 3. The smallest absolute Gasteiger partial charge is 0.348 e. The second kappa shape index (κ2) is 6.87. The van der Waals surface area contributed by atoms with E-state index in [1.807, 2.05) is 23.1 Å². The van der Waals surface area contributed by atoms with Crippen LogP contribution in [0.1, 0.15) is 5.56 Å². The van der Waals surface area contributed by atoms with E-state index in [2.05, 4.69) is 9.71 Å². The molecule has 27 heavy (non-hydrogen) atoms. The highest BCUT2D eigenvalue weighted by molar-refractivity contribution is 7.93. The van der Waals surface area contributed by atoms with Crippen molar-refractivity contribution in [1.82, 2.24) is 4.98 Å². The molecule has 0 radical (unpaired) electrons. The Bertz CT molecular complexity index is 1100. The molecule has 0 spiro atoms. The van der Waals surface area contributed by atoms with Crippen molar-refractivity contribution in [2.45, 2.75) is 11.4 Å². The van der Waals surface area contributed by atoms with Crippen molar-refractivity contribution in [3.05, 3.63) is 64.6 Å². The van der Waals surface area contributed by atoms with Gasteiger partial charge in [-0.3, -0.25) is 0 Å². The summed E-state index contributed by atoms with van der Waals surface area (Å²) < 4.78 is 33.3. The van der Waals surface area contributed by atoms with Crippen LogP contribution in [0, 0.1) is 5.21 Å². The van der Waals surface area contributed by atoms with Crippen LogP contribution in [0.4, 0.5) is 10.8 Å². The Balaban J connectivity index is 1.56. The molecule has 1 aromatic heterocycles. The molecule has 1 N–H and O–H groups in total. The van der Waals surface area contributed by atoms with Crippen LogP contribution >= 0.6 is 23.1 Å². The van der Waals surface area contributed by atoms with Crippen molar-refractivity contribution in [3.8, 4) is 5.75 Å². The van der Waals surface area contributed by atoms with Crippen molar-refractivity contribution in [3.63, 3.8) is 0 Å². The molecule has 2 aromatic carbocycles. The Morgan fingerprint density at radius 1 is 1.33 bits per heavy atom. The topological polar surface area (TPSA) is 98.5 Å². The molecule has 0 bridgehead atoms. The van der Waals surface area contributed by atoms with Crippen LogP contribution in [0.5, 0.6) is 5.75 Å². The Labute approximate surface area is 164 Å². The van der Waals surface area contributed by atoms with E-state index in [1.165, 1.54) is 12.1 Å². The minimum Gasteiger partial charge on any atom is -0.700 e. The lowest BCUT2D eigenvalue weighted by atomic mass is 10.2. The standard InChI is InChI=1S/C16H13ClN4O4S2/c17-12-3-1-2-11(6-12)8-20-10-25-15-7-13(4-5-14(15)20)27(23,24)19-16-18-9-21(22)26-16/h1-7,9H,8,10H2,(H,18,19). The van der Waals surface area contributed by atoms with Crippen LogP contribution in [0.3, 0.4) is 0 Å². The summed E-state index contributed by atoms with van der Waals surface area (Å²) >= 11 is 6.67. The van der Waals surface area contributed by atoms with Crippen LogP contribution in [0.25, 0.3) is 0 Å². The molecular formula is C16H13ClN4O4S2. The quantitative estimate of drug-likeness (QED) is 0.499. The second-order valence-corrected chi connectivity index (χ2v) is 8.81. The first-order chi connectivity index (χ1) is 12.9. The monoisotopic (exact) mass is 424 g/mol. The highest BCUT2D eigenvalue weighted by atomic mass is 35.5. The highest BCUT2D eigenvalue weighted by Gasteiger charge is 2.25. The van der Waals surface area contributed by atoms with Gasteiger partial charge in [0.05, 0.1) is 10.6 Å². The van der Waals surface area contributed by atoms with Crippen LogP contribution in [-0.2, 0) is 16.6 Å². The number of rotatable bonds is 5. The van der Waals surface area contributed by atoms with Gasteiger partial charge in [-0.05, 0) is 34.8 Å². The minimum atomic E-state index is -3.87. The van der Waals surface area contributed by atoms with E-state index in [4.69, 9.17) is 16.3 Å². The Morgan fingerprint density at radius 3 is 2.93 bits per heavy atom. The summed E-state index contributed by atoms with van der Waals surface area (Å²) in [5.74, 6) is 0.470. The molecule has 0 aliphatic carbocycles. The first kappa shape index (κ1) is 17.8.